The zero-order valence-electron chi connectivity index (χ0n) is 9.71. The van der Waals surface area contributed by atoms with Gasteiger partial charge in [-0.25, -0.2) is 0 Å². The van der Waals surface area contributed by atoms with Crippen LogP contribution in [-0.4, -0.2) is 18.0 Å². The molecule has 2 saturated heterocycles. The summed E-state index contributed by atoms with van der Waals surface area (Å²) >= 11 is 0. The lowest BCUT2D eigenvalue weighted by atomic mass is 10.1. The van der Waals surface area contributed by atoms with E-state index in [1.165, 1.54) is 41.2 Å². The molecule has 6 aliphatic rings. The topological polar surface area (TPSA) is 0 Å². The predicted octanol–water partition coefficient (Wildman–Crippen LogP) is 3.48. The summed E-state index contributed by atoms with van der Waals surface area (Å²) < 4.78 is 0. The second-order valence-electron chi connectivity index (χ2n) is 6.69. The van der Waals surface area contributed by atoms with Gasteiger partial charge in [-0.2, -0.15) is 0 Å². The highest BCUT2D eigenvalue weighted by Gasteiger charge is 2.92. The Hall–Kier alpha value is -0.350. The molecule has 2 aliphatic heterocycles. The molecule has 1 aromatic rings. The molecule has 0 spiro atoms. The van der Waals surface area contributed by atoms with Gasteiger partial charge in [-0.15, -0.1) is 0 Å². The molecule has 0 nitrogen and oxygen atoms in total. The number of hydrogen-bond donors (Lipinski definition) is 0. The normalized spacial score (nSPS) is 58.6. The van der Waals surface area contributed by atoms with E-state index in [4.69, 9.17) is 0 Å². The maximum atomic E-state index is 2.69. The van der Waals surface area contributed by atoms with Crippen LogP contribution in [0.1, 0.15) is 12.0 Å². The lowest BCUT2D eigenvalue weighted by molar-refractivity contribution is 0.548. The summed E-state index contributed by atoms with van der Waals surface area (Å²) in [5, 5.41) is 0. The monoisotopic (exact) mass is 229 g/mol. The predicted molar refractivity (Wildman–Crippen MR) is 69.1 cm³/mol. The number of benzene rings is 1. The minimum absolute atomic E-state index is 0.557. The average molecular weight is 229 g/mol. The summed E-state index contributed by atoms with van der Waals surface area (Å²) in [6.45, 7) is 2.69. The Morgan fingerprint density at radius 3 is 2.31 bits per heavy atom. The van der Waals surface area contributed by atoms with E-state index in [-0.39, 0.29) is 0 Å². The third-order valence-corrected chi connectivity index (χ3v) is 11.5. The zero-order chi connectivity index (χ0) is 10.5. The minimum Gasteiger partial charge on any atom is -0.0622 e. The van der Waals surface area contributed by atoms with Crippen molar-refractivity contribution >= 4 is 7.26 Å². The van der Waals surface area contributed by atoms with Gasteiger partial charge in [0.25, 0.3) is 0 Å². The quantitative estimate of drug-likeness (QED) is 0.681. The van der Waals surface area contributed by atoms with Gasteiger partial charge in [0.2, 0.25) is 0 Å². The summed E-state index contributed by atoms with van der Waals surface area (Å²) in [4.78, 5) is 0. The standard InChI is InChI=1S/C15H18P/c1-16(8-9-5-3-2-4-6-9)14-11-7-10-12(14)13(10)15(11)16/h2-6,10-15H,7-8H2,1H3/q+1. The summed E-state index contributed by atoms with van der Waals surface area (Å²) in [6.07, 6.45) is 3.09. The molecule has 1 aromatic carbocycles. The molecule has 6 bridgehead atoms. The van der Waals surface area contributed by atoms with Crippen LogP contribution in [0.5, 0.6) is 0 Å². The lowest BCUT2D eigenvalue weighted by Crippen LogP contribution is -2.40. The third kappa shape index (κ3) is 0.731. The van der Waals surface area contributed by atoms with Crippen LogP contribution in [0.25, 0.3) is 0 Å². The van der Waals surface area contributed by atoms with Crippen molar-refractivity contribution in [3.05, 3.63) is 35.9 Å². The molecule has 4 atom stereocenters. The fraction of sp³-hybridized carbons (Fsp3) is 0.600. The molecule has 4 aliphatic carbocycles. The first kappa shape index (κ1) is 8.70. The average Bonchev–Trinajstić information content (AvgIpc) is 2.73. The molecule has 82 valence electrons. The van der Waals surface area contributed by atoms with Gasteiger partial charge >= 0.3 is 0 Å². The van der Waals surface area contributed by atoms with Gasteiger partial charge in [0, 0.05) is 31.7 Å². The molecular weight excluding hydrogens is 211 g/mol. The van der Waals surface area contributed by atoms with Gasteiger partial charge in [-0.3, -0.25) is 0 Å². The smallest absolute Gasteiger partial charge is 0.0622 e. The molecule has 4 unspecified atom stereocenters. The van der Waals surface area contributed by atoms with E-state index in [1.807, 2.05) is 0 Å². The van der Waals surface area contributed by atoms with Gasteiger partial charge in [-0.05, 0) is 17.9 Å². The van der Waals surface area contributed by atoms with E-state index in [1.54, 1.807) is 12.0 Å². The van der Waals surface area contributed by atoms with E-state index in [9.17, 15) is 0 Å². The van der Waals surface area contributed by atoms with Gasteiger partial charge in [-0.1, -0.05) is 30.3 Å². The number of hydrogen-bond acceptors (Lipinski definition) is 0. The van der Waals surface area contributed by atoms with Crippen LogP contribution in [-0.2, 0) is 6.16 Å². The van der Waals surface area contributed by atoms with Crippen LogP contribution < -0.4 is 0 Å². The van der Waals surface area contributed by atoms with Crippen molar-refractivity contribution in [2.24, 2.45) is 23.7 Å². The van der Waals surface area contributed by atoms with Crippen LogP contribution in [0.15, 0.2) is 30.3 Å². The molecule has 1 heteroatoms. The van der Waals surface area contributed by atoms with Crippen molar-refractivity contribution in [1.29, 1.82) is 0 Å². The molecular formula is C15H18P+. The van der Waals surface area contributed by atoms with Crippen molar-refractivity contribution in [2.75, 3.05) is 6.66 Å². The maximum absolute atomic E-state index is 2.69. The SMILES string of the molecule is C[P+]1(Cc2ccccc2)C2C3CC4C2C4C31. The molecule has 0 aromatic heterocycles. The van der Waals surface area contributed by atoms with Crippen LogP contribution in [0, 0.1) is 23.7 Å². The molecule has 0 amide bonds. The highest BCUT2D eigenvalue weighted by atomic mass is 31.2. The van der Waals surface area contributed by atoms with Gasteiger partial charge in [0.05, 0.1) is 17.5 Å². The van der Waals surface area contributed by atoms with Crippen LogP contribution in [0.2, 0.25) is 0 Å². The lowest BCUT2D eigenvalue weighted by Gasteiger charge is -2.45. The molecule has 16 heavy (non-hydrogen) atoms. The Balaban J connectivity index is 1.49. The van der Waals surface area contributed by atoms with E-state index in [0.717, 1.165) is 0 Å². The molecule has 4 saturated carbocycles. The molecule has 0 radical (unpaired) electrons. The fourth-order valence-corrected chi connectivity index (χ4v) is 12.3. The molecule has 2 heterocycles. The first-order valence-corrected chi connectivity index (χ1v) is 9.25. The summed E-state index contributed by atoms with van der Waals surface area (Å²) in [7, 11) is -0.557. The summed E-state index contributed by atoms with van der Waals surface area (Å²) in [5.41, 5.74) is 4.08. The van der Waals surface area contributed by atoms with Crippen molar-refractivity contribution in [2.45, 2.75) is 23.9 Å². The Morgan fingerprint density at radius 1 is 1.06 bits per heavy atom. The van der Waals surface area contributed by atoms with Crippen molar-refractivity contribution in [3.63, 3.8) is 0 Å². The molecule has 0 N–H and O–H groups in total. The van der Waals surface area contributed by atoms with Crippen molar-refractivity contribution in [3.8, 4) is 0 Å². The molecule has 7 rings (SSSR count). The fourth-order valence-electron chi connectivity index (χ4n) is 6.02. The van der Waals surface area contributed by atoms with Crippen molar-refractivity contribution < 1.29 is 0 Å². The summed E-state index contributed by atoms with van der Waals surface area (Å²) in [5.74, 6) is 4.90. The first-order chi connectivity index (χ1) is 7.81. The second kappa shape index (κ2) is 2.41. The molecule has 6 fully saturated rings. The zero-order valence-corrected chi connectivity index (χ0v) is 10.6. The Morgan fingerprint density at radius 2 is 1.75 bits per heavy atom. The van der Waals surface area contributed by atoms with Crippen molar-refractivity contribution in [1.82, 2.24) is 0 Å². The van der Waals surface area contributed by atoms with E-state index in [0.29, 0.717) is 0 Å². The third-order valence-electron chi connectivity index (χ3n) is 6.23. The van der Waals surface area contributed by atoms with Crippen LogP contribution in [0.3, 0.4) is 0 Å². The maximum Gasteiger partial charge on any atom is 0.0846 e. The van der Waals surface area contributed by atoms with Gasteiger partial charge in [0.15, 0.2) is 0 Å². The van der Waals surface area contributed by atoms with E-state index >= 15 is 0 Å². The Labute approximate surface area is 97.8 Å². The summed E-state index contributed by atoms with van der Waals surface area (Å²) in [6, 6.07) is 11.3. The second-order valence-corrected chi connectivity index (χ2v) is 10.9. The van der Waals surface area contributed by atoms with Crippen LogP contribution in [0.4, 0.5) is 0 Å². The largest absolute Gasteiger partial charge is 0.0846 e. The van der Waals surface area contributed by atoms with E-state index < -0.39 is 7.26 Å². The van der Waals surface area contributed by atoms with Gasteiger partial charge < -0.3 is 0 Å². The number of rotatable bonds is 2. The Kier molecular flexibility index (Phi) is 1.31. The highest BCUT2D eigenvalue weighted by Crippen LogP contribution is 2.99. The first-order valence-electron chi connectivity index (χ1n) is 6.69. The highest BCUT2D eigenvalue weighted by molar-refractivity contribution is 7.77. The van der Waals surface area contributed by atoms with Gasteiger partial charge in [0.1, 0.15) is 0 Å². The van der Waals surface area contributed by atoms with Crippen LogP contribution >= 0.6 is 7.26 Å². The Bertz CT molecular complexity index is 444. The van der Waals surface area contributed by atoms with E-state index in [2.05, 4.69) is 37.0 Å². The minimum atomic E-state index is -0.557.